The molecule has 0 radical (unpaired) electrons. The quantitative estimate of drug-likeness (QED) is 0.167. The van der Waals surface area contributed by atoms with Gasteiger partial charge in [-0.05, 0) is 187 Å². The van der Waals surface area contributed by atoms with Gasteiger partial charge in [0.05, 0.1) is 55.2 Å². The van der Waals surface area contributed by atoms with E-state index in [1.54, 1.807) is 0 Å². The molecule has 0 saturated heterocycles. The van der Waals surface area contributed by atoms with Gasteiger partial charge in [0, 0.05) is 87.1 Å². The second-order valence-corrected chi connectivity index (χ2v) is 30.2. The Morgan fingerprint density at radius 1 is 0.222 bits per heavy atom. The predicted octanol–water partition coefficient (Wildman–Crippen LogP) is 23.9. The van der Waals surface area contributed by atoms with Gasteiger partial charge in [-0.3, -0.25) is 0 Å². The molecule has 0 spiro atoms. The number of nitrogens with zero attached hydrogens (tertiary/aromatic N) is 4. The number of hydrogen-bond donors (Lipinski definition) is 0. The summed E-state index contributed by atoms with van der Waals surface area (Å²) < 4.78 is 10.2. The van der Waals surface area contributed by atoms with Crippen LogP contribution in [0.15, 0.2) is 218 Å². The van der Waals surface area contributed by atoms with E-state index in [4.69, 9.17) is 0 Å². The van der Waals surface area contributed by atoms with E-state index in [-0.39, 0.29) is 21.7 Å². The third-order valence-corrected chi connectivity index (χ3v) is 20.6. The molecule has 0 amide bonds. The molecule has 12 aromatic carbocycles. The lowest BCUT2D eigenvalue weighted by Gasteiger charge is -2.22. The van der Waals surface area contributed by atoms with Crippen LogP contribution in [-0.4, -0.2) is 17.9 Å². The van der Waals surface area contributed by atoms with Crippen LogP contribution >= 0.6 is 0 Å². The summed E-state index contributed by atoms with van der Waals surface area (Å²) in [5.74, 6) is 0. The van der Waals surface area contributed by atoms with Gasteiger partial charge in [0.25, 0.3) is 0 Å². The van der Waals surface area contributed by atoms with Crippen LogP contribution in [0, 0.1) is 0 Å². The van der Waals surface area contributed by atoms with E-state index in [0.717, 1.165) is 0 Å². The highest BCUT2D eigenvalue weighted by Crippen LogP contribution is 2.52. The molecule has 0 aliphatic carbocycles. The fraction of sp³-hybridized carbons (Fsp3) is 0.186. The summed E-state index contributed by atoms with van der Waals surface area (Å²) in [5, 5.41) is 18.1. The highest BCUT2D eigenvalue weighted by Gasteiger charge is 2.31. The molecule has 0 unspecified atom stereocenters. The largest absolute Gasteiger partial charge is 0.309 e. The molecule has 436 valence electrons. The highest BCUT2D eigenvalue weighted by atomic mass is 15.0. The fourth-order valence-electron chi connectivity index (χ4n) is 15.9. The van der Waals surface area contributed by atoms with Gasteiger partial charge in [0.1, 0.15) is 0 Å². The Kier molecular flexibility index (Phi) is 10.6. The molecular formula is C86H72N4. The van der Waals surface area contributed by atoms with Crippen molar-refractivity contribution in [3.63, 3.8) is 0 Å². The van der Waals surface area contributed by atoms with Crippen molar-refractivity contribution < 1.29 is 0 Å². The van der Waals surface area contributed by atoms with E-state index < -0.39 is 0 Å². The van der Waals surface area contributed by atoms with E-state index in [0.29, 0.717) is 0 Å². The first-order chi connectivity index (χ1) is 43.2. The highest BCUT2D eigenvalue weighted by molar-refractivity contribution is 6.36. The average Bonchev–Trinajstić information content (AvgIpc) is 1.52. The molecule has 0 aliphatic heterocycles. The Balaban J connectivity index is 0.949. The number of fused-ring (bicyclic) bond motifs is 21. The van der Waals surface area contributed by atoms with Gasteiger partial charge in [-0.25, -0.2) is 0 Å². The number of hydrogen-bond acceptors (Lipinski definition) is 0. The molecule has 6 heterocycles. The van der Waals surface area contributed by atoms with Crippen LogP contribution in [0.25, 0.3) is 164 Å². The maximum atomic E-state index is 2.66. The zero-order chi connectivity index (χ0) is 61.4. The van der Waals surface area contributed by atoms with Gasteiger partial charge in [-0.2, -0.15) is 0 Å². The van der Waals surface area contributed by atoms with Crippen molar-refractivity contribution in [3.05, 3.63) is 241 Å². The smallest absolute Gasteiger partial charge is 0.0621 e. The van der Waals surface area contributed by atoms with Gasteiger partial charge in [0.15, 0.2) is 0 Å². The van der Waals surface area contributed by atoms with Gasteiger partial charge < -0.3 is 17.9 Å². The van der Waals surface area contributed by atoms with Crippen molar-refractivity contribution in [1.82, 2.24) is 17.9 Å². The minimum atomic E-state index is -0.103. The van der Waals surface area contributed by atoms with E-state index in [9.17, 15) is 0 Å². The van der Waals surface area contributed by atoms with Crippen LogP contribution in [0.1, 0.15) is 105 Å². The van der Waals surface area contributed by atoms with Crippen molar-refractivity contribution in [2.45, 2.75) is 105 Å². The second-order valence-electron chi connectivity index (χ2n) is 30.2. The second kappa shape index (κ2) is 17.9. The summed E-state index contributed by atoms with van der Waals surface area (Å²) in [6.07, 6.45) is 0. The van der Waals surface area contributed by atoms with Crippen LogP contribution in [-0.2, 0) is 21.7 Å². The van der Waals surface area contributed by atoms with E-state index >= 15 is 0 Å². The van der Waals surface area contributed by atoms with Crippen LogP contribution in [0.4, 0.5) is 0 Å². The van der Waals surface area contributed by atoms with Crippen LogP contribution in [0.2, 0.25) is 0 Å². The van der Waals surface area contributed by atoms with Gasteiger partial charge >= 0.3 is 0 Å². The summed E-state index contributed by atoms with van der Waals surface area (Å²) in [7, 11) is 0. The zero-order valence-corrected chi connectivity index (χ0v) is 53.6. The topological polar surface area (TPSA) is 18.7 Å². The zero-order valence-electron chi connectivity index (χ0n) is 53.6. The molecule has 0 N–H and O–H groups in total. The monoisotopic (exact) mass is 1160 g/mol. The minimum Gasteiger partial charge on any atom is -0.309 e. The van der Waals surface area contributed by atoms with Crippen molar-refractivity contribution in [3.8, 4) is 33.6 Å². The average molecular weight is 1160 g/mol. The fourth-order valence-corrected chi connectivity index (χ4v) is 15.9. The standard InChI is InChI=1S/C86H72N4/c1-83(2,3)51-41-61(49-31-35-73-63(39-49)57-27-19-21-29-71(57)87(73)55-23-15-13-16-24-55)79-65(43-51)67-45-53(85(7,8)9)47-69-77-59-34-38-76-78(60(59)33-37-75(77)89(79)81(67)69)70-48-54(86(10,11)12)46-68-66-44-52(84(4,5)6)42-62(80(66)90(76)82(68)70)50-32-36-74-64(40-50)58-28-20-22-30-72(58)88(74)56-25-17-14-18-26-56/h13-48H,1-12H3. The summed E-state index contributed by atoms with van der Waals surface area (Å²) >= 11 is 0. The van der Waals surface area contributed by atoms with E-state index in [1.807, 2.05) is 0 Å². The van der Waals surface area contributed by atoms with Gasteiger partial charge in [-0.15, -0.1) is 0 Å². The Hall–Kier alpha value is -9.90. The number of benzene rings is 12. The lowest BCUT2D eigenvalue weighted by molar-refractivity contribution is 0.591. The lowest BCUT2D eigenvalue weighted by atomic mass is 9.82. The third kappa shape index (κ3) is 7.30. The van der Waals surface area contributed by atoms with Gasteiger partial charge in [-0.1, -0.05) is 180 Å². The molecule has 0 aliphatic rings. The Bertz CT molecular complexity index is 5710. The Morgan fingerprint density at radius 3 is 0.911 bits per heavy atom. The first-order valence-electron chi connectivity index (χ1n) is 32.3. The van der Waals surface area contributed by atoms with Gasteiger partial charge in [0.2, 0.25) is 0 Å². The molecule has 0 fully saturated rings. The lowest BCUT2D eigenvalue weighted by Crippen LogP contribution is -2.11. The normalized spacial score (nSPS) is 13.3. The number of para-hydroxylation sites is 4. The molecule has 0 saturated carbocycles. The molecule has 18 aromatic rings. The number of rotatable bonds is 4. The minimum absolute atomic E-state index is 0.0959. The van der Waals surface area contributed by atoms with Crippen molar-refractivity contribution >= 4 is 131 Å². The molecule has 0 bridgehead atoms. The Labute approximate surface area is 524 Å². The van der Waals surface area contributed by atoms with Crippen LogP contribution in [0.3, 0.4) is 0 Å². The molecule has 4 heteroatoms. The molecule has 4 nitrogen and oxygen atoms in total. The van der Waals surface area contributed by atoms with E-state index in [1.165, 1.54) is 186 Å². The molecule has 90 heavy (non-hydrogen) atoms. The van der Waals surface area contributed by atoms with E-state index in [2.05, 4.69) is 319 Å². The molecule has 6 aromatic heterocycles. The summed E-state index contributed by atoms with van der Waals surface area (Å²) in [6.45, 7) is 28.5. The molecular weight excluding hydrogens is 1090 g/mol. The Morgan fingerprint density at radius 2 is 0.533 bits per heavy atom. The predicted molar refractivity (Wildman–Crippen MR) is 388 cm³/mol. The van der Waals surface area contributed by atoms with Crippen molar-refractivity contribution in [2.75, 3.05) is 0 Å². The summed E-state index contributed by atoms with van der Waals surface area (Å²) in [5.41, 5.74) is 24.7. The molecule has 0 atom stereocenters. The summed E-state index contributed by atoms with van der Waals surface area (Å²) in [6, 6.07) is 84.1. The summed E-state index contributed by atoms with van der Waals surface area (Å²) in [4.78, 5) is 0. The van der Waals surface area contributed by atoms with Crippen molar-refractivity contribution in [1.29, 1.82) is 0 Å². The van der Waals surface area contributed by atoms with Crippen LogP contribution in [0.5, 0.6) is 0 Å². The maximum Gasteiger partial charge on any atom is 0.0621 e. The number of aromatic nitrogens is 4. The van der Waals surface area contributed by atoms with Crippen molar-refractivity contribution in [2.24, 2.45) is 0 Å². The first kappa shape index (κ1) is 53.2. The van der Waals surface area contributed by atoms with Crippen LogP contribution < -0.4 is 0 Å². The molecule has 18 rings (SSSR count). The SMILES string of the molecule is CC(C)(C)c1cc(-c2ccc3c(c2)c2ccccc2n3-c2ccccc2)c2c(c1)c1cc(C(C)(C)C)cc3c4c5ccc6c(c5ccc4n2c13)c1cc(C(C)(C)C)cc2c3cc(C(C)(C)C)cc(-c4ccc5c(c4)c4ccccc4n5-c4ccccc4)c3n6c21. The third-order valence-electron chi connectivity index (χ3n) is 20.6. The maximum absolute atomic E-state index is 2.66. The first-order valence-corrected chi connectivity index (χ1v) is 32.3.